The van der Waals surface area contributed by atoms with E-state index >= 15 is 0 Å². The van der Waals surface area contributed by atoms with Crippen LogP contribution in [0.3, 0.4) is 0 Å². The van der Waals surface area contributed by atoms with Crippen LogP contribution in [0.4, 0.5) is 11.4 Å². The third-order valence-corrected chi connectivity index (χ3v) is 4.89. The molecule has 2 N–H and O–H groups in total. The number of likely N-dealkylation sites (N-methyl/N-ethyl adjacent to an activating group) is 1. The third kappa shape index (κ3) is 3.52. The zero-order valence-electron chi connectivity index (χ0n) is 15.6. The monoisotopic (exact) mass is 361 g/mol. The van der Waals surface area contributed by atoms with Gasteiger partial charge in [0.2, 0.25) is 0 Å². The van der Waals surface area contributed by atoms with Crippen molar-refractivity contribution in [3.63, 3.8) is 0 Å². The lowest BCUT2D eigenvalue weighted by molar-refractivity contribution is -0.110. The minimum absolute atomic E-state index is 0.0665. The number of carbonyl (C=O) groups excluding carboxylic acids is 1. The summed E-state index contributed by atoms with van der Waals surface area (Å²) in [5, 5.41) is 6.35. The number of nitrogens with zero attached hydrogens (tertiary/aromatic N) is 1. The van der Waals surface area contributed by atoms with E-state index in [1.54, 1.807) is 7.11 Å². The molecule has 5 nitrogen and oxygen atoms in total. The van der Waals surface area contributed by atoms with Gasteiger partial charge in [0.15, 0.2) is 0 Å². The number of allylic oxidation sites excluding steroid dienone is 1. The van der Waals surface area contributed by atoms with Gasteiger partial charge >= 0.3 is 0 Å². The van der Waals surface area contributed by atoms with Gasteiger partial charge in [-0.15, -0.1) is 0 Å². The maximum atomic E-state index is 12.4. The quantitative estimate of drug-likeness (QED) is 0.800. The Balaban J connectivity index is 1.59. The molecule has 138 valence electrons. The maximum Gasteiger partial charge on any atom is 0.258 e. The number of hydrogen-bond donors (Lipinski definition) is 2. The smallest absolute Gasteiger partial charge is 0.258 e. The van der Waals surface area contributed by atoms with Crippen LogP contribution >= 0.6 is 0 Å². The second-order valence-electron chi connectivity index (χ2n) is 6.90. The maximum absolute atomic E-state index is 12.4. The van der Waals surface area contributed by atoms with Crippen molar-refractivity contribution in [1.82, 2.24) is 4.90 Å². The Morgan fingerprint density at radius 1 is 1.04 bits per heavy atom. The lowest BCUT2D eigenvalue weighted by Gasteiger charge is -2.20. The molecule has 0 radical (unpaired) electrons. The molecule has 2 aliphatic heterocycles. The van der Waals surface area contributed by atoms with Crippen LogP contribution < -0.4 is 10.6 Å². The fourth-order valence-corrected chi connectivity index (χ4v) is 3.49. The number of benzene rings is 2. The number of ether oxygens (including phenoxy) is 1. The molecule has 0 bridgehead atoms. The molecular weight excluding hydrogens is 338 g/mol. The minimum Gasteiger partial charge on any atom is -0.383 e. The van der Waals surface area contributed by atoms with Gasteiger partial charge in [0, 0.05) is 37.1 Å². The van der Waals surface area contributed by atoms with E-state index in [1.165, 1.54) is 5.56 Å². The Labute approximate surface area is 159 Å². The molecule has 4 rings (SSSR count). The second-order valence-corrected chi connectivity index (χ2v) is 6.90. The number of nitrogens with one attached hydrogen (secondary N) is 2. The average Bonchev–Trinajstić information content (AvgIpc) is 3.01. The molecule has 1 amide bonds. The first-order valence-electron chi connectivity index (χ1n) is 9.06. The van der Waals surface area contributed by atoms with Gasteiger partial charge in [-0.2, -0.15) is 0 Å². The standard InChI is InChI=1S/C22H23N3O2/c1-25(11-12-27-2)14-15-7-9-18-16(13-15)8-10-20(23-18)21-17-5-3-4-6-19(17)24-22(21)26/h3-10,13,23H,11-12,14H2,1-2H3,(H,24,26)/b21-20-. The van der Waals surface area contributed by atoms with E-state index in [9.17, 15) is 4.79 Å². The van der Waals surface area contributed by atoms with E-state index in [-0.39, 0.29) is 5.91 Å². The summed E-state index contributed by atoms with van der Waals surface area (Å²) in [6.45, 7) is 2.49. The van der Waals surface area contributed by atoms with Crippen LogP contribution in [0.15, 0.2) is 54.2 Å². The largest absolute Gasteiger partial charge is 0.383 e. The van der Waals surface area contributed by atoms with E-state index in [4.69, 9.17) is 4.74 Å². The fraction of sp³-hybridized carbons (Fsp3) is 0.227. The first-order chi connectivity index (χ1) is 13.2. The van der Waals surface area contributed by atoms with Gasteiger partial charge in [-0.05, 0) is 42.4 Å². The minimum atomic E-state index is -0.0665. The van der Waals surface area contributed by atoms with Crippen LogP contribution in [0.2, 0.25) is 0 Å². The SMILES string of the molecule is COCCN(C)Cc1ccc2c(c1)C=C/C(=C1/C(=O)Nc3ccccc31)N2. The molecule has 0 spiro atoms. The van der Waals surface area contributed by atoms with Gasteiger partial charge in [-0.3, -0.25) is 9.69 Å². The van der Waals surface area contributed by atoms with Crippen LogP contribution in [0.25, 0.3) is 11.6 Å². The Morgan fingerprint density at radius 3 is 2.74 bits per heavy atom. The summed E-state index contributed by atoms with van der Waals surface area (Å²) in [5.74, 6) is -0.0665. The lowest BCUT2D eigenvalue weighted by Crippen LogP contribution is -2.22. The Hall–Kier alpha value is -2.89. The molecule has 2 aliphatic rings. The zero-order chi connectivity index (χ0) is 18.8. The molecule has 0 atom stereocenters. The van der Waals surface area contributed by atoms with E-state index < -0.39 is 0 Å². The average molecular weight is 361 g/mol. The van der Waals surface area contributed by atoms with E-state index in [0.717, 1.165) is 47.9 Å². The molecule has 0 aromatic heterocycles. The Bertz CT molecular complexity index is 946. The number of fused-ring (bicyclic) bond motifs is 2. The van der Waals surface area contributed by atoms with Crippen molar-refractivity contribution in [2.45, 2.75) is 6.54 Å². The molecule has 2 heterocycles. The third-order valence-electron chi connectivity index (χ3n) is 4.89. The summed E-state index contributed by atoms with van der Waals surface area (Å²) in [6, 6.07) is 14.2. The summed E-state index contributed by atoms with van der Waals surface area (Å²) in [7, 11) is 3.81. The summed E-state index contributed by atoms with van der Waals surface area (Å²) in [6.07, 6.45) is 4.05. The number of para-hydroxylation sites is 1. The number of methoxy groups -OCH3 is 1. The summed E-state index contributed by atoms with van der Waals surface area (Å²) < 4.78 is 5.13. The van der Waals surface area contributed by atoms with Crippen LogP contribution in [-0.4, -0.2) is 38.1 Å². The summed E-state index contributed by atoms with van der Waals surface area (Å²) >= 11 is 0. The molecular formula is C22H23N3O2. The van der Waals surface area contributed by atoms with Gasteiger partial charge in [0.25, 0.3) is 5.91 Å². The van der Waals surface area contributed by atoms with Crippen molar-refractivity contribution in [1.29, 1.82) is 0 Å². The number of rotatable bonds is 5. The predicted molar refractivity (Wildman–Crippen MR) is 109 cm³/mol. The first kappa shape index (κ1) is 17.5. The predicted octanol–water partition coefficient (Wildman–Crippen LogP) is 3.57. The van der Waals surface area contributed by atoms with Crippen LogP contribution in [0, 0.1) is 0 Å². The number of carbonyl (C=O) groups is 1. The Kier molecular flexibility index (Phi) is 4.79. The molecule has 0 fully saturated rings. The zero-order valence-corrected chi connectivity index (χ0v) is 15.6. The Morgan fingerprint density at radius 2 is 1.89 bits per heavy atom. The van der Waals surface area contributed by atoms with Gasteiger partial charge in [-0.25, -0.2) is 0 Å². The van der Waals surface area contributed by atoms with E-state index in [0.29, 0.717) is 5.57 Å². The number of hydrogen-bond acceptors (Lipinski definition) is 4. The molecule has 0 aliphatic carbocycles. The van der Waals surface area contributed by atoms with Crippen LogP contribution in [-0.2, 0) is 16.1 Å². The van der Waals surface area contributed by atoms with Crippen LogP contribution in [0.5, 0.6) is 0 Å². The molecule has 2 aromatic rings. The van der Waals surface area contributed by atoms with E-state index in [2.05, 4.69) is 46.9 Å². The second kappa shape index (κ2) is 7.39. The topological polar surface area (TPSA) is 53.6 Å². The lowest BCUT2D eigenvalue weighted by atomic mass is 9.99. The molecule has 0 saturated heterocycles. The van der Waals surface area contributed by atoms with Gasteiger partial charge < -0.3 is 15.4 Å². The van der Waals surface area contributed by atoms with Crippen molar-refractivity contribution >= 4 is 28.9 Å². The highest BCUT2D eigenvalue weighted by molar-refractivity contribution is 6.33. The molecule has 5 heteroatoms. The normalized spacial score (nSPS) is 17.5. The van der Waals surface area contributed by atoms with Gasteiger partial charge in [0.05, 0.1) is 17.9 Å². The van der Waals surface area contributed by atoms with Crippen molar-refractivity contribution in [3.8, 4) is 0 Å². The van der Waals surface area contributed by atoms with Gasteiger partial charge in [-0.1, -0.05) is 30.3 Å². The molecule has 0 saturated carbocycles. The van der Waals surface area contributed by atoms with Crippen molar-refractivity contribution in [3.05, 3.63) is 70.9 Å². The highest BCUT2D eigenvalue weighted by Gasteiger charge is 2.27. The fourth-order valence-electron chi connectivity index (χ4n) is 3.49. The van der Waals surface area contributed by atoms with Gasteiger partial charge in [0.1, 0.15) is 0 Å². The molecule has 27 heavy (non-hydrogen) atoms. The number of anilines is 2. The van der Waals surface area contributed by atoms with Crippen molar-refractivity contribution in [2.24, 2.45) is 0 Å². The first-order valence-corrected chi connectivity index (χ1v) is 9.06. The van der Waals surface area contributed by atoms with Crippen LogP contribution in [0.1, 0.15) is 16.7 Å². The highest BCUT2D eigenvalue weighted by atomic mass is 16.5. The summed E-state index contributed by atoms with van der Waals surface area (Å²) in [5.41, 5.74) is 6.71. The molecule has 0 unspecified atom stereocenters. The van der Waals surface area contributed by atoms with E-state index in [1.807, 2.05) is 30.3 Å². The van der Waals surface area contributed by atoms with Crippen molar-refractivity contribution in [2.75, 3.05) is 37.9 Å². The summed E-state index contributed by atoms with van der Waals surface area (Å²) in [4.78, 5) is 14.7. The molecule has 2 aromatic carbocycles. The highest BCUT2D eigenvalue weighted by Crippen LogP contribution is 2.36. The van der Waals surface area contributed by atoms with Crippen molar-refractivity contribution < 1.29 is 9.53 Å². The number of amides is 1.